The molecule has 0 saturated carbocycles. The second-order valence-corrected chi connectivity index (χ2v) is 4.76. The molecule has 0 atom stereocenters. The van der Waals surface area contributed by atoms with Crippen molar-refractivity contribution in [2.45, 2.75) is 13.0 Å². The minimum atomic E-state index is 0.771. The van der Waals surface area contributed by atoms with Crippen LogP contribution in [0.15, 0.2) is 41.1 Å². The number of nitrogens with zero attached hydrogens (tertiary/aromatic N) is 2. The normalized spacial score (nSPS) is 10.5. The molecule has 0 amide bonds. The maximum atomic E-state index is 4.35. The summed E-state index contributed by atoms with van der Waals surface area (Å²) in [6, 6.07) is 8.22. The number of halogens is 1. The summed E-state index contributed by atoms with van der Waals surface area (Å²) in [6.45, 7) is 0.804. The molecule has 2 aromatic rings. The van der Waals surface area contributed by atoms with E-state index in [9.17, 15) is 0 Å². The summed E-state index contributed by atoms with van der Waals surface area (Å²) in [4.78, 5) is 8.70. The van der Waals surface area contributed by atoms with Crippen molar-refractivity contribution < 1.29 is 0 Å². The molecule has 0 radical (unpaired) electrons. The van der Waals surface area contributed by atoms with Crippen LogP contribution in [0.3, 0.4) is 0 Å². The largest absolute Gasteiger partial charge is 0.316 e. The molecule has 1 N–H and O–H groups in total. The van der Waals surface area contributed by atoms with Crippen LogP contribution in [0.5, 0.6) is 0 Å². The van der Waals surface area contributed by atoms with E-state index in [1.165, 1.54) is 5.56 Å². The van der Waals surface area contributed by atoms with Gasteiger partial charge >= 0.3 is 0 Å². The lowest BCUT2D eigenvalue weighted by Gasteiger charge is -2.02. The first-order valence-electron chi connectivity index (χ1n) is 5.47. The zero-order valence-corrected chi connectivity index (χ0v) is 11.2. The van der Waals surface area contributed by atoms with Gasteiger partial charge in [-0.1, -0.05) is 28.1 Å². The first kappa shape index (κ1) is 12.2. The van der Waals surface area contributed by atoms with Crippen LogP contribution in [0.1, 0.15) is 17.0 Å². The fraction of sp³-hybridized carbons (Fsp3) is 0.231. The number of hydrogen-bond donors (Lipinski definition) is 1. The summed E-state index contributed by atoms with van der Waals surface area (Å²) in [7, 11) is 1.91. The van der Waals surface area contributed by atoms with Crippen LogP contribution in [0, 0.1) is 0 Å². The highest BCUT2D eigenvalue weighted by molar-refractivity contribution is 9.10. The van der Waals surface area contributed by atoms with Gasteiger partial charge in [-0.15, -0.1) is 0 Å². The third-order valence-electron chi connectivity index (χ3n) is 2.42. The van der Waals surface area contributed by atoms with Gasteiger partial charge in [-0.25, -0.2) is 9.97 Å². The monoisotopic (exact) mass is 291 g/mol. The molecular formula is C13H14BrN3. The molecule has 0 fully saturated rings. The first-order chi connectivity index (χ1) is 8.28. The molecule has 17 heavy (non-hydrogen) atoms. The van der Waals surface area contributed by atoms with Crippen LogP contribution in [-0.4, -0.2) is 17.0 Å². The molecule has 1 aromatic heterocycles. The number of nitrogens with one attached hydrogen (secondary N) is 1. The van der Waals surface area contributed by atoms with Crippen molar-refractivity contribution in [3.63, 3.8) is 0 Å². The summed E-state index contributed by atoms with van der Waals surface area (Å²) < 4.78 is 1.09. The van der Waals surface area contributed by atoms with E-state index in [2.05, 4.69) is 43.3 Å². The molecule has 0 bridgehead atoms. The topological polar surface area (TPSA) is 37.8 Å². The summed E-state index contributed by atoms with van der Waals surface area (Å²) in [5.74, 6) is 0.854. The van der Waals surface area contributed by atoms with Gasteiger partial charge in [0.25, 0.3) is 0 Å². The Labute approximate surface area is 109 Å². The number of hydrogen-bond acceptors (Lipinski definition) is 3. The molecule has 1 aromatic carbocycles. The Bertz CT molecular complexity index is 465. The molecule has 88 valence electrons. The minimum absolute atomic E-state index is 0.771. The van der Waals surface area contributed by atoms with Crippen molar-refractivity contribution in [2.24, 2.45) is 0 Å². The van der Waals surface area contributed by atoms with E-state index in [0.29, 0.717) is 0 Å². The van der Waals surface area contributed by atoms with E-state index < -0.39 is 0 Å². The predicted molar refractivity (Wildman–Crippen MR) is 71.7 cm³/mol. The summed E-state index contributed by atoms with van der Waals surface area (Å²) in [5.41, 5.74) is 2.32. The third-order valence-corrected chi connectivity index (χ3v) is 2.94. The molecule has 2 rings (SSSR count). The third kappa shape index (κ3) is 3.61. The van der Waals surface area contributed by atoms with Crippen molar-refractivity contribution in [1.29, 1.82) is 0 Å². The molecule has 1 heterocycles. The Hall–Kier alpha value is -1.26. The van der Waals surface area contributed by atoms with Crippen LogP contribution in [-0.2, 0) is 13.0 Å². The molecule has 0 aliphatic heterocycles. The Morgan fingerprint density at radius 2 is 1.71 bits per heavy atom. The van der Waals surface area contributed by atoms with E-state index in [1.807, 2.05) is 31.6 Å². The lowest BCUT2D eigenvalue weighted by molar-refractivity contribution is 0.798. The van der Waals surface area contributed by atoms with Gasteiger partial charge in [0.15, 0.2) is 0 Å². The average Bonchev–Trinajstić information content (AvgIpc) is 2.35. The van der Waals surface area contributed by atoms with Gasteiger partial charge in [0.1, 0.15) is 5.82 Å². The minimum Gasteiger partial charge on any atom is -0.316 e. The second-order valence-electron chi connectivity index (χ2n) is 3.84. The zero-order chi connectivity index (χ0) is 12.1. The van der Waals surface area contributed by atoms with Crippen molar-refractivity contribution in [2.75, 3.05) is 7.05 Å². The maximum Gasteiger partial charge on any atom is 0.132 e. The van der Waals surface area contributed by atoms with Crippen LogP contribution in [0.4, 0.5) is 0 Å². The SMILES string of the molecule is CNCc1cnc(Cc2ccc(Br)cc2)nc1. The summed E-state index contributed by atoms with van der Waals surface area (Å²) in [5, 5.41) is 3.07. The molecule has 0 aliphatic rings. The van der Waals surface area contributed by atoms with Crippen molar-refractivity contribution in [1.82, 2.24) is 15.3 Å². The van der Waals surface area contributed by atoms with Crippen molar-refractivity contribution in [3.8, 4) is 0 Å². The zero-order valence-electron chi connectivity index (χ0n) is 9.65. The smallest absolute Gasteiger partial charge is 0.132 e. The Kier molecular flexibility index (Phi) is 4.23. The summed E-state index contributed by atoms with van der Waals surface area (Å²) in [6.07, 6.45) is 4.52. The molecular weight excluding hydrogens is 278 g/mol. The highest BCUT2D eigenvalue weighted by Crippen LogP contribution is 2.12. The van der Waals surface area contributed by atoms with Gasteiger partial charge < -0.3 is 5.32 Å². The standard InChI is InChI=1S/C13H14BrN3/c1-15-7-11-8-16-13(17-9-11)6-10-2-4-12(14)5-3-10/h2-5,8-9,15H,6-7H2,1H3. The van der Waals surface area contributed by atoms with Crippen LogP contribution >= 0.6 is 15.9 Å². The van der Waals surface area contributed by atoms with E-state index in [-0.39, 0.29) is 0 Å². The predicted octanol–water partition coefficient (Wildman–Crippen LogP) is 2.55. The van der Waals surface area contributed by atoms with Crippen LogP contribution in [0.2, 0.25) is 0 Å². The lowest BCUT2D eigenvalue weighted by atomic mass is 10.1. The maximum absolute atomic E-state index is 4.35. The Morgan fingerprint density at radius 3 is 2.29 bits per heavy atom. The highest BCUT2D eigenvalue weighted by Gasteiger charge is 2.00. The van der Waals surface area contributed by atoms with E-state index in [0.717, 1.165) is 28.8 Å². The molecule has 0 saturated heterocycles. The molecule has 4 heteroatoms. The molecule has 0 spiro atoms. The Morgan fingerprint density at radius 1 is 1.06 bits per heavy atom. The van der Waals surface area contributed by atoms with Gasteiger partial charge in [0, 0.05) is 35.4 Å². The summed E-state index contributed by atoms with van der Waals surface area (Å²) >= 11 is 3.42. The highest BCUT2D eigenvalue weighted by atomic mass is 79.9. The number of benzene rings is 1. The average molecular weight is 292 g/mol. The quantitative estimate of drug-likeness (QED) is 0.941. The van der Waals surface area contributed by atoms with Gasteiger partial charge in [-0.2, -0.15) is 0 Å². The second kappa shape index (κ2) is 5.89. The van der Waals surface area contributed by atoms with E-state index in [4.69, 9.17) is 0 Å². The number of rotatable bonds is 4. The van der Waals surface area contributed by atoms with Gasteiger partial charge in [0.05, 0.1) is 0 Å². The van der Waals surface area contributed by atoms with Crippen molar-refractivity contribution in [3.05, 3.63) is 58.1 Å². The molecule has 3 nitrogen and oxygen atoms in total. The molecule has 0 unspecified atom stereocenters. The van der Waals surface area contributed by atoms with Gasteiger partial charge in [-0.05, 0) is 24.7 Å². The first-order valence-corrected chi connectivity index (χ1v) is 6.26. The van der Waals surface area contributed by atoms with E-state index >= 15 is 0 Å². The van der Waals surface area contributed by atoms with Gasteiger partial charge in [0.2, 0.25) is 0 Å². The fourth-order valence-corrected chi connectivity index (χ4v) is 1.82. The van der Waals surface area contributed by atoms with Crippen LogP contribution in [0.25, 0.3) is 0 Å². The van der Waals surface area contributed by atoms with Crippen molar-refractivity contribution >= 4 is 15.9 Å². The van der Waals surface area contributed by atoms with E-state index in [1.54, 1.807) is 0 Å². The fourth-order valence-electron chi connectivity index (χ4n) is 1.55. The number of aromatic nitrogens is 2. The lowest BCUT2D eigenvalue weighted by Crippen LogP contribution is -2.07. The Balaban J connectivity index is 2.05. The molecule has 0 aliphatic carbocycles. The van der Waals surface area contributed by atoms with Crippen LogP contribution < -0.4 is 5.32 Å². The van der Waals surface area contributed by atoms with Gasteiger partial charge in [-0.3, -0.25) is 0 Å².